The lowest BCUT2D eigenvalue weighted by Gasteiger charge is -2.25. The number of carbonyl (C=O) groups excluding carboxylic acids is 1. The summed E-state index contributed by atoms with van der Waals surface area (Å²) in [5, 5.41) is 9.10. The normalized spacial score (nSPS) is 14.4. The van der Waals surface area contributed by atoms with Gasteiger partial charge in [0.05, 0.1) is 21.8 Å². The van der Waals surface area contributed by atoms with E-state index in [0.29, 0.717) is 16.3 Å². The van der Waals surface area contributed by atoms with Gasteiger partial charge in [-0.2, -0.15) is 0 Å². The smallest absolute Gasteiger partial charge is 0.414 e. The molecule has 2 aromatic rings. The minimum absolute atomic E-state index is 0.0460. The molecule has 1 aromatic carbocycles. The van der Waals surface area contributed by atoms with Crippen LogP contribution in [0.15, 0.2) is 41.3 Å². The Kier molecular flexibility index (Phi) is 3.84. The number of carboxylic acid groups (broad SMARTS) is 1. The maximum Gasteiger partial charge on any atom is 0.414 e. The number of benzene rings is 1. The van der Waals surface area contributed by atoms with E-state index in [1.165, 1.54) is 6.07 Å². The van der Waals surface area contributed by atoms with Gasteiger partial charge in [0.2, 0.25) is 0 Å². The number of aromatic nitrogens is 1. The highest BCUT2D eigenvalue weighted by atomic mass is 32.2. The molecule has 2 heterocycles. The van der Waals surface area contributed by atoms with Crippen molar-refractivity contribution in [3.8, 4) is 11.3 Å². The largest absolute Gasteiger partial charge is 0.465 e. The van der Waals surface area contributed by atoms with Gasteiger partial charge in [-0.05, 0) is 6.07 Å². The topological polar surface area (TPSA) is 105 Å². The molecular weight excluding hydrogens is 332 g/mol. The van der Waals surface area contributed by atoms with Gasteiger partial charge < -0.3 is 5.11 Å². The maximum atomic E-state index is 12.4. The Morgan fingerprint density at radius 1 is 1.25 bits per heavy atom. The Labute approximate surface area is 138 Å². The van der Waals surface area contributed by atoms with Crippen molar-refractivity contribution in [2.45, 2.75) is 11.3 Å². The summed E-state index contributed by atoms with van der Waals surface area (Å²) in [6, 6.07) is 10.3. The molecule has 3 rings (SSSR count). The third-order valence-electron chi connectivity index (χ3n) is 3.79. The lowest BCUT2D eigenvalue weighted by molar-refractivity contribution is 0.0721. The van der Waals surface area contributed by atoms with Crippen LogP contribution in [0.2, 0.25) is 0 Å². The Morgan fingerprint density at radius 2 is 1.92 bits per heavy atom. The van der Waals surface area contributed by atoms with Crippen molar-refractivity contribution >= 4 is 21.8 Å². The fourth-order valence-corrected chi connectivity index (χ4v) is 3.57. The van der Waals surface area contributed by atoms with Gasteiger partial charge in [-0.3, -0.25) is 9.78 Å². The molecular formula is C16H14N2O5S. The first-order chi connectivity index (χ1) is 11.3. The van der Waals surface area contributed by atoms with E-state index in [9.17, 15) is 18.0 Å². The number of fused-ring (bicyclic) bond motifs is 1. The molecule has 1 aliphatic heterocycles. The van der Waals surface area contributed by atoms with E-state index in [-0.39, 0.29) is 23.4 Å². The van der Waals surface area contributed by atoms with Crippen molar-refractivity contribution in [2.75, 3.05) is 12.8 Å². The van der Waals surface area contributed by atoms with Crippen LogP contribution < -0.4 is 0 Å². The predicted molar refractivity (Wildman–Crippen MR) is 85.5 cm³/mol. The molecule has 2 amide bonds. The Bertz CT molecular complexity index is 938. The molecule has 0 bridgehead atoms. The van der Waals surface area contributed by atoms with Crippen LogP contribution in [0.5, 0.6) is 0 Å². The number of amides is 2. The molecule has 0 saturated carbocycles. The number of nitrogens with zero attached hydrogens (tertiary/aromatic N) is 2. The quantitative estimate of drug-likeness (QED) is 0.889. The summed E-state index contributed by atoms with van der Waals surface area (Å²) in [7, 11) is -3.74. The average Bonchev–Trinajstić information content (AvgIpc) is 2.53. The van der Waals surface area contributed by atoms with Gasteiger partial charge in [-0.25, -0.2) is 18.1 Å². The van der Waals surface area contributed by atoms with Crippen molar-refractivity contribution in [1.29, 1.82) is 0 Å². The van der Waals surface area contributed by atoms with E-state index < -0.39 is 21.8 Å². The highest BCUT2D eigenvalue weighted by molar-refractivity contribution is 7.90. The van der Waals surface area contributed by atoms with Gasteiger partial charge in [-0.15, -0.1) is 0 Å². The molecule has 0 atom stereocenters. The summed E-state index contributed by atoms with van der Waals surface area (Å²) in [6.45, 7) is -0.0460. The zero-order valence-corrected chi connectivity index (χ0v) is 13.6. The fourth-order valence-electron chi connectivity index (χ4n) is 2.67. The van der Waals surface area contributed by atoms with Crippen LogP contribution >= 0.6 is 0 Å². The molecule has 1 N–H and O–H groups in total. The molecule has 24 heavy (non-hydrogen) atoms. The Morgan fingerprint density at radius 3 is 2.50 bits per heavy atom. The molecule has 8 heteroatoms. The number of sulfone groups is 1. The van der Waals surface area contributed by atoms with E-state index in [1.54, 1.807) is 24.3 Å². The summed E-state index contributed by atoms with van der Waals surface area (Å²) in [6.07, 6.45) is -0.238. The van der Waals surface area contributed by atoms with E-state index in [0.717, 1.165) is 11.8 Å². The number of hydrogen-bond acceptors (Lipinski definition) is 5. The third-order valence-corrected chi connectivity index (χ3v) is 4.91. The molecule has 0 radical (unpaired) electrons. The second-order valence-electron chi connectivity index (χ2n) is 5.45. The van der Waals surface area contributed by atoms with E-state index in [4.69, 9.17) is 5.11 Å². The first kappa shape index (κ1) is 16.1. The fraction of sp³-hybridized carbons (Fsp3) is 0.188. The summed E-state index contributed by atoms with van der Waals surface area (Å²) in [5.74, 6) is -0.851. The van der Waals surface area contributed by atoms with Crippen molar-refractivity contribution in [1.82, 2.24) is 9.88 Å². The molecule has 124 valence electrons. The summed E-state index contributed by atoms with van der Waals surface area (Å²) in [4.78, 5) is 28.4. The zero-order valence-electron chi connectivity index (χ0n) is 12.8. The van der Waals surface area contributed by atoms with Gasteiger partial charge in [-0.1, -0.05) is 30.3 Å². The van der Waals surface area contributed by atoms with Crippen LogP contribution in [0, 0.1) is 0 Å². The molecule has 0 saturated heterocycles. The van der Waals surface area contributed by atoms with E-state index in [2.05, 4.69) is 4.98 Å². The second-order valence-corrected chi connectivity index (χ2v) is 7.44. The van der Waals surface area contributed by atoms with Crippen molar-refractivity contribution in [2.24, 2.45) is 0 Å². The van der Waals surface area contributed by atoms with Crippen LogP contribution in [0.3, 0.4) is 0 Å². The number of imide groups is 1. The summed E-state index contributed by atoms with van der Waals surface area (Å²) >= 11 is 0. The number of rotatable bonds is 2. The lowest BCUT2D eigenvalue weighted by Crippen LogP contribution is -2.42. The van der Waals surface area contributed by atoms with Crippen LogP contribution in [0.4, 0.5) is 4.79 Å². The first-order valence-corrected chi connectivity index (χ1v) is 9.02. The van der Waals surface area contributed by atoms with Gasteiger partial charge in [0.1, 0.15) is 0 Å². The number of hydrogen-bond donors (Lipinski definition) is 1. The van der Waals surface area contributed by atoms with Gasteiger partial charge in [0.25, 0.3) is 5.91 Å². The molecule has 0 aliphatic carbocycles. The van der Waals surface area contributed by atoms with Crippen molar-refractivity contribution < 1.29 is 23.1 Å². The Balaban J connectivity index is 2.26. The number of carbonyl (C=O) groups is 2. The molecule has 0 unspecified atom stereocenters. The molecule has 0 fully saturated rings. The predicted octanol–water partition coefficient (Wildman–Crippen LogP) is 1.83. The summed E-state index contributed by atoms with van der Waals surface area (Å²) < 4.78 is 24.3. The third kappa shape index (κ3) is 2.76. The van der Waals surface area contributed by atoms with E-state index >= 15 is 0 Å². The second kappa shape index (κ2) is 5.72. The highest BCUT2D eigenvalue weighted by Crippen LogP contribution is 2.29. The van der Waals surface area contributed by atoms with Gasteiger partial charge in [0, 0.05) is 24.8 Å². The van der Waals surface area contributed by atoms with Crippen molar-refractivity contribution in [3.05, 3.63) is 47.7 Å². The first-order valence-electron chi connectivity index (χ1n) is 7.13. The Hall–Kier alpha value is -2.74. The van der Waals surface area contributed by atoms with Gasteiger partial charge in [0.15, 0.2) is 9.84 Å². The molecule has 7 nitrogen and oxygen atoms in total. The van der Waals surface area contributed by atoms with E-state index in [1.807, 2.05) is 6.07 Å². The SMILES string of the molecule is CS(=O)(=O)c1cc(-c2ccccc2)nc2c1C(=O)N(C(=O)O)CC2. The molecule has 0 spiro atoms. The van der Waals surface area contributed by atoms with Crippen LogP contribution in [-0.2, 0) is 16.3 Å². The molecule has 1 aromatic heterocycles. The zero-order chi connectivity index (χ0) is 17.5. The molecule has 1 aliphatic rings. The van der Waals surface area contributed by atoms with Crippen LogP contribution in [0.25, 0.3) is 11.3 Å². The summed E-state index contributed by atoms with van der Waals surface area (Å²) in [5.41, 5.74) is 1.31. The monoisotopic (exact) mass is 346 g/mol. The van der Waals surface area contributed by atoms with Crippen molar-refractivity contribution in [3.63, 3.8) is 0 Å². The minimum atomic E-state index is -3.74. The number of pyridine rings is 1. The maximum absolute atomic E-state index is 12.4. The lowest BCUT2D eigenvalue weighted by atomic mass is 10.0. The standard InChI is InChI=1S/C16H14N2O5S/c1-24(22,23)13-9-12(10-5-3-2-4-6-10)17-11-7-8-18(16(20)21)15(19)14(11)13/h2-6,9H,7-8H2,1H3,(H,20,21). The average molecular weight is 346 g/mol. The highest BCUT2D eigenvalue weighted by Gasteiger charge is 2.35. The van der Waals surface area contributed by atoms with Crippen LogP contribution in [-0.4, -0.2) is 48.2 Å². The van der Waals surface area contributed by atoms with Crippen LogP contribution in [0.1, 0.15) is 16.1 Å². The minimum Gasteiger partial charge on any atom is -0.465 e. The van der Waals surface area contributed by atoms with Gasteiger partial charge >= 0.3 is 6.09 Å².